The summed E-state index contributed by atoms with van der Waals surface area (Å²) in [6, 6.07) is 4.89. The fourth-order valence-corrected chi connectivity index (χ4v) is 1.23. The molecule has 1 aromatic rings. The van der Waals surface area contributed by atoms with Gasteiger partial charge >= 0.3 is 12.6 Å². The standard InChI is InChI=1S/C12H11F2NO4/c1-2-9(11(17)18)15-10(16)7-3-5-8(6-4-7)19-12(13)14/h2-6,12H,1H3,(H,15,16)(H,17,18)/b9-2+. The summed E-state index contributed by atoms with van der Waals surface area (Å²) in [4.78, 5) is 22.3. The number of allylic oxidation sites excluding steroid dienone is 1. The zero-order valence-electron chi connectivity index (χ0n) is 9.89. The molecule has 0 saturated carbocycles. The quantitative estimate of drug-likeness (QED) is 0.803. The zero-order valence-corrected chi connectivity index (χ0v) is 9.89. The van der Waals surface area contributed by atoms with Crippen LogP contribution in [0.1, 0.15) is 17.3 Å². The summed E-state index contributed by atoms with van der Waals surface area (Å²) in [5.41, 5.74) is -0.139. The van der Waals surface area contributed by atoms with Crippen molar-refractivity contribution in [2.24, 2.45) is 0 Å². The van der Waals surface area contributed by atoms with E-state index in [0.717, 1.165) is 0 Å². The van der Waals surface area contributed by atoms with Crippen molar-refractivity contribution < 1.29 is 28.2 Å². The number of alkyl halides is 2. The Morgan fingerprint density at radius 3 is 2.32 bits per heavy atom. The first-order valence-electron chi connectivity index (χ1n) is 5.20. The van der Waals surface area contributed by atoms with E-state index < -0.39 is 18.5 Å². The molecule has 7 heteroatoms. The number of halogens is 2. The highest BCUT2D eigenvalue weighted by molar-refractivity contribution is 6.00. The van der Waals surface area contributed by atoms with E-state index in [-0.39, 0.29) is 17.0 Å². The van der Waals surface area contributed by atoms with Gasteiger partial charge in [-0.1, -0.05) is 6.08 Å². The van der Waals surface area contributed by atoms with Gasteiger partial charge in [-0.15, -0.1) is 0 Å². The molecule has 0 unspecified atom stereocenters. The van der Waals surface area contributed by atoms with Crippen LogP contribution in [0.5, 0.6) is 5.75 Å². The molecule has 0 fully saturated rings. The highest BCUT2D eigenvalue weighted by Crippen LogP contribution is 2.15. The van der Waals surface area contributed by atoms with Gasteiger partial charge in [0.1, 0.15) is 11.4 Å². The number of rotatable bonds is 5. The SMILES string of the molecule is C/C=C(/NC(=O)c1ccc(OC(F)F)cc1)C(=O)O. The number of carboxylic acid groups (broad SMARTS) is 1. The van der Waals surface area contributed by atoms with Crippen LogP contribution >= 0.6 is 0 Å². The van der Waals surface area contributed by atoms with Gasteiger partial charge in [-0.25, -0.2) is 4.79 Å². The molecule has 0 radical (unpaired) electrons. The average molecular weight is 271 g/mol. The molecular weight excluding hydrogens is 260 g/mol. The number of hydrogen-bond donors (Lipinski definition) is 2. The maximum Gasteiger partial charge on any atom is 0.387 e. The Labute approximate surface area is 107 Å². The van der Waals surface area contributed by atoms with Crippen LogP contribution in [0.15, 0.2) is 36.0 Å². The van der Waals surface area contributed by atoms with Crippen LogP contribution in [0.3, 0.4) is 0 Å². The molecule has 0 saturated heterocycles. The van der Waals surface area contributed by atoms with Gasteiger partial charge in [-0.3, -0.25) is 4.79 Å². The maximum absolute atomic E-state index is 11.9. The number of amides is 1. The molecule has 5 nitrogen and oxygen atoms in total. The van der Waals surface area contributed by atoms with Crippen molar-refractivity contribution in [2.45, 2.75) is 13.5 Å². The van der Waals surface area contributed by atoms with Crippen LogP contribution in [0.25, 0.3) is 0 Å². The van der Waals surface area contributed by atoms with Crippen molar-refractivity contribution in [2.75, 3.05) is 0 Å². The zero-order chi connectivity index (χ0) is 14.4. The summed E-state index contributed by atoms with van der Waals surface area (Å²) < 4.78 is 27.9. The van der Waals surface area contributed by atoms with E-state index in [1.807, 2.05) is 0 Å². The van der Waals surface area contributed by atoms with Gasteiger partial charge in [0.05, 0.1) is 0 Å². The van der Waals surface area contributed by atoms with Gasteiger partial charge in [0.2, 0.25) is 0 Å². The minimum absolute atomic E-state index is 0.0870. The van der Waals surface area contributed by atoms with Crippen molar-refractivity contribution in [1.82, 2.24) is 5.32 Å². The molecule has 2 N–H and O–H groups in total. The first kappa shape index (κ1) is 14.6. The molecule has 0 aromatic heterocycles. The third kappa shape index (κ3) is 4.38. The molecule has 0 spiro atoms. The summed E-state index contributed by atoms with van der Waals surface area (Å²) in [5, 5.41) is 10.9. The Hall–Kier alpha value is -2.44. The monoisotopic (exact) mass is 271 g/mol. The van der Waals surface area contributed by atoms with Gasteiger partial charge in [-0.2, -0.15) is 8.78 Å². The van der Waals surface area contributed by atoms with Gasteiger partial charge in [-0.05, 0) is 31.2 Å². The van der Waals surface area contributed by atoms with Crippen LogP contribution < -0.4 is 10.1 Å². The number of ether oxygens (including phenoxy) is 1. The molecule has 0 heterocycles. The predicted octanol–water partition coefficient (Wildman–Crippen LogP) is 2.01. The van der Waals surface area contributed by atoms with Crippen LogP contribution in [-0.2, 0) is 4.79 Å². The molecular formula is C12H11F2NO4. The van der Waals surface area contributed by atoms with Crippen LogP contribution in [0.2, 0.25) is 0 Å². The minimum atomic E-state index is -2.94. The Balaban J connectivity index is 2.75. The van der Waals surface area contributed by atoms with E-state index in [1.54, 1.807) is 0 Å². The van der Waals surface area contributed by atoms with Crippen LogP contribution in [0, 0.1) is 0 Å². The molecule has 0 atom stereocenters. The lowest BCUT2D eigenvalue weighted by Gasteiger charge is -2.07. The normalized spacial score (nSPS) is 11.3. The summed E-state index contributed by atoms with van der Waals surface area (Å²) in [6.45, 7) is -1.48. The molecule has 19 heavy (non-hydrogen) atoms. The van der Waals surface area contributed by atoms with E-state index in [2.05, 4.69) is 10.1 Å². The second-order valence-corrected chi connectivity index (χ2v) is 3.36. The maximum atomic E-state index is 11.9. The van der Waals surface area contributed by atoms with Crippen LogP contribution in [-0.4, -0.2) is 23.6 Å². The van der Waals surface area contributed by atoms with E-state index >= 15 is 0 Å². The van der Waals surface area contributed by atoms with Crippen molar-refractivity contribution in [3.05, 3.63) is 41.6 Å². The predicted molar refractivity (Wildman–Crippen MR) is 61.9 cm³/mol. The van der Waals surface area contributed by atoms with Crippen LogP contribution in [0.4, 0.5) is 8.78 Å². The molecule has 102 valence electrons. The Kier molecular flexibility index (Phi) is 4.99. The molecule has 0 bridgehead atoms. The first-order valence-corrected chi connectivity index (χ1v) is 5.20. The Morgan fingerprint density at radius 2 is 1.89 bits per heavy atom. The van der Waals surface area contributed by atoms with E-state index in [9.17, 15) is 18.4 Å². The number of carbonyl (C=O) groups is 2. The summed E-state index contributed by atoms with van der Waals surface area (Å²) in [5.74, 6) is -2.01. The van der Waals surface area contributed by atoms with E-state index in [1.165, 1.54) is 37.3 Å². The topological polar surface area (TPSA) is 75.6 Å². The highest BCUT2D eigenvalue weighted by atomic mass is 19.3. The number of aliphatic carboxylic acids is 1. The second-order valence-electron chi connectivity index (χ2n) is 3.36. The Morgan fingerprint density at radius 1 is 1.32 bits per heavy atom. The smallest absolute Gasteiger partial charge is 0.387 e. The van der Waals surface area contributed by atoms with Gasteiger partial charge in [0.15, 0.2) is 0 Å². The van der Waals surface area contributed by atoms with E-state index in [4.69, 9.17) is 5.11 Å². The summed E-state index contributed by atoms with van der Waals surface area (Å²) >= 11 is 0. The van der Waals surface area contributed by atoms with Gasteiger partial charge in [0, 0.05) is 5.56 Å². The lowest BCUT2D eigenvalue weighted by Crippen LogP contribution is -2.27. The van der Waals surface area contributed by atoms with Gasteiger partial charge < -0.3 is 15.2 Å². The largest absolute Gasteiger partial charge is 0.477 e. The highest BCUT2D eigenvalue weighted by Gasteiger charge is 2.12. The van der Waals surface area contributed by atoms with Crippen molar-refractivity contribution >= 4 is 11.9 Å². The molecule has 0 aliphatic carbocycles. The molecule has 1 rings (SSSR count). The molecule has 0 aliphatic heterocycles. The average Bonchev–Trinajstić information content (AvgIpc) is 2.35. The molecule has 1 aromatic carbocycles. The lowest BCUT2D eigenvalue weighted by molar-refractivity contribution is -0.133. The minimum Gasteiger partial charge on any atom is -0.477 e. The van der Waals surface area contributed by atoms with Crippen molar-refractivity contribution in [3.63, 3.8) is 0 Å². The number of benzene rings is 1. The third-order valence-corrected chi connectivity index (χ3v) is 2.11. The number of carbonyl (C=O) groups excluding carboxylic acids is 1. The van der Waals surface area contributed by atoms with E-state index in [0.29, 0.717) is 0 Å². The van der Waals surface area contributed by atoms with Crippen molar-refractivity contribution in [1.29, 1.82) is 0 Å². The number of nitrogens with one attached hydrogen (secondary N) is 1. The molecule has 0 aliphatic rings. The third-order valence-electron chi connectivity index (χ3n) is 2.11. The number of carboxylic acids is 1. The summed E-state index contributed by atoms with van der Waals surface area (Å²) in [6.07, 6.45) is 1.23. The fourth-order valence-electron chi connectivity index (χ4n) is 1.23. The molecule has 1 amide bonds. The second kappa shape index (κ2) is 6.48. The first-order chi connectivity index (χ1) is 8.93. The number of hydrogen-bond acceptors (Lipinski definition) is 3. The summed E-state index contributed by atoms with van der Waals surface area (Å²) in [7, 11) is 0. The van der Waals surface area contributed by atoms with Crippen molar-refractivity contribution in [3.8, 4) is 5.75 Å². The van der Waals surface area contributed by atoms with Gasteiger partial charge in [0.25, 0.3) is 5.91 Å². The lowest BCUT2D eigenvalue weighted by atomic mass is 10.2. The Bertz CT molecular complexity index is 497. The fraction of sp³-hybridized carbons (Fsp3) is 0.167.